The van der Waals surface area contributed by atoms with Gasteiger partial charge in [-0.05, 0) is 35.2 Å². The van der Waals surface area contributed by atoms with Crippen LogP contribution in [0, 0.1) is 5.82 Å². The monoisotopic (exact) mass is 395 g/mol. The van der Waals surface area contributed by atoms with Crippen molar-refractivity contribution in [1.29, 1.82) is 0 Å². The summed E-state index contributed by atoms with van der Waals surface area (Å²) in [6.45, 7) is 0. The van der Waals surface area contributed by atoms with Gasteiger partial charge in [-0.1, -0.05) is 47.7 Å². The Morgan fingerprint density at radius 1 is 1.15 bits per heavy atom. The number of carbonyl (C=O) groups excluding carboxylic acids is 1. The predicted octanol–water partition coefficient (Wildman–Crippen LogP) is 5.11. The molecule has 0 fully saturated rings. The number of anilines is 1. The highest BCUT2D eigenvalue weighted by Gasteiger charge is 2.20. The van der Waals surface area contributed by atoms with Crippen molar-refractivity contribution in [2.45, 2.75) is 6.42 Å². The van der Waals surface area contributed by atoms with Crippen LogP contribution in [0.1, 0.15) is 10.4 Å². The number of rotatable bonds is 5. The SMILES string of the molecule is O=C(Cc1ccccc1)N(/N=C\c1cccs1)c1nc2ccc(F)cc2s1. The molecule has 0 saturated carbocycles. The van der Waals surface area contributed by atoms with Gasteiger partial charge in [-0.3, -0.25) is 4.79 Å². The number of fused-ring (bicyclic) bond motifs is 1. The van der Waals surface area contributed by atoms with Crippen molar-refractivity contribution in [3.8, 4) is 0 Å². The Labute approximate surface area is 163 Å². The molecule has 0 N–H and O–H groups in total. The summed E-state index contributed by atoms with van der Waals surface area (Å²) < 4.78 is 14.2. The fourth-order valence-corrected chi connectivity index (χ4v) is 4.07. The van der Waals surface area contributed by atoms with E-state index < -0.39 is 0 Å². The number of hydrazone groups is 1. The molecule has 0 atom stereocenters. The van der Waals surface area contributed by atoms with Gasteiger partial charge in [-0.15, -0.1) is 11.3 Å². The third-order valence-electron chi connectivity index (χ3n) is 3.80. The molecule has 2 heterocycles. The van der Waals surface area contributed by atoms with Gasteiger partial charge in [0.25, 0.3) is 5.91 Å². The number of carbonyl (C=O) groups is 1. The Bertz CT molecular complexity index is 1090. The zero-order valence-electron chi connectivity index (χ0n) is 14.1. The maximum atomic E-state index is 13.5. The summed E-state index contributed by atoms with van der Waals surface area (Å²) in [5.41, 5.74) is 1.53. The van der Waals surface area contributed by atoms with E-state index in [-0.39, 0.29) is 18.1 Å². The first-order valence-electron chi connectivity index (χ1n) is 8.19. The van der Waals surface area contributed by atoms with Gasteiger partial charge in [-0.25, -0.2) is 9.37 Å². The van der Waals surface area contributed by atoms with Gasteiger partial charge in [0.05, 0.1) is 22.9 Å². The standard InChI is InChI=1S/C20H14FN3OS2/c21-15-8-9-17-18(12-15)27-20(23-17)24(22-13-16-7-4-10-26-16)19(25)11-14-5-2-1-3-6-14/h1-10,12-13H,11H2/b22-13-. The molecule has 0 saturated heterocycles. The lowest BCUT2D eigenvalue weighted by Crippen LogP contribution is -2.27. The minimum atomic E-state index is -0.332. The normalized spacial score (nSPS) is 11.3. The highest BCUT2D eigenvalue weighted by atomic mass is 32.1. The number of hydrogen-bond donors (Lipinski definition) is 0. The second kappa shape index (κ2) is 7.77. The second-order valence-electron chi connectivity index (χ2n) is 5.74. The van der Waals surface area contributed by atoms with E-state index in [1.807, 2.05) is 47.8 Å². The summed E-state index contributed by atoms with van der Waals surface area (Å²) in [4.78, 5) is 18.3. The largest absolute Gasteiger partial charge is 0.272 e. The van der Waals surface area contributed by atoms with Crippen LogP contribution in [-0.2, 0) is 11.2 Å². The number of nitrogens with zero attached hydrogens (tertiary/aromatic N) is 3. The summed E-state index contributed by atoms with van der Waals surface area (Å²) in [5, 5.41) is 8.04. The summed E-state index contributed by atoms with van der Waals surface area (Å²) in [5.74, 6) is -0.532. The van der Waals surface area contributed by atoms with Crippen LogP contribution in [0.3, 0.4) is 0 Å². The molecule has 0 radical (unpaired) electrons. The van der Waals surface area contributed by atoms with E-state index in [0.717, 1.165) is 10.4 Å². The number of halogens is 1. The smallest absolute Gasteiger partial charge is 0.253 e. The molecule has 0 spiro atoms. The first-order chi connectivity index (χ1) is 13.2. The molecule has 27 heavy (non-hydrogen) atoms. The van der Waals surface area contributed by atoms with E-state index >= 15 is 0 Å². The van der Waals surface area contributed by atoms with Crippen LogP contribution in [0.5, 0.6) is 0 Å². The lowest BCUT2D eigenvalue weighted by atomic mass is 10.1. The van der Waals surface area contributed by atoms with Crippen LogP contribution in [0.4, 0.5) is 9.52 Å². The second-order valence-corrected chi connectivity index (χ2v) is 7.72. The number of thiazole rings is 1. The molecule has 134 valence electrons. The van der Waals surface area contributed by atoms with Gasteiger partial charge < -0.3 is 0 Å². The van der Waals surface area contributed by atoms with Crippen molar-refractivity contribution in [2.75, 3.05) is 5.01 Å². The Morgan fingerprint density at radius 2 is 2.00 bits per heavy atom. The zero-order valence-corrected chi connectivity index (χ0v) is 15.7. The average Bonchev–Trinajstić information content (AvgIpc) is 3.32. The highest BCUT2D eigenvalue weighted by Crippen LogP contribution is 2.30. The summed E-state index contributed by atoms with van der Waals surface area (Å²) >= 11 is 2.77. The average molecular weight is 395 g/mol. The number of aromatic nitrogens is 1. The molecule has 4 aromatic rings. The topological polar surface area (TPSA) is 45.6 Å². The number of hydrogen-bond acceptors (Lipinski definition) is 5. The van der Waals surface area contributed by atoms with Crippen molar-refractivity contribution in [1.82, 2.24) is 4.98 Å². The van der Waals surface area contributed by atoms with Crippen molar-refractivity contribution in [2.24, 2.45) is 5.10 Å². The molecule has 0 unspecified atom stereocenters. The van der Waals surface area contributed by atoms with Crippen molar-refractivity contribution >= 4 is 50.1 Å². The molecular weight excluding hydrogens is 381 g/mol. The Kier molecular flexibility index (Phi) is 5.04. The fourth-order valence-electron chi connectivity index (χ4n) is 2.52. The van der Waals surface area contributed by atoms with Crippen molar-refractivity contribution in [3.05, 3.63) is 82.3 Å². The van der Waals surface area contributed by atoms with E-state index in [9.17, 15) is 9.18 Å². The van der Waals surface area contributed by atoms with Gasteiger partial charge in [0.1, 0.15) is 5.82 Å². The van der Waals surface area contributed by atoms with Crippen LogP contribution in [0.25, 0.3) is 10.2 Å². The fraction of sp³-hybridized carbons (Fsp3) is 0.0500. The summed E-state index contributed by atoms with van der Waals surface area (Å²) in [6, 6.07) is 17.7. The molecule has 4 rings (SSSR count). The van der Waals surface area contributed by atoms with Crippen molar-refractivity contribution < 1.29 is 9.18 Å². The third-order valence-corrected chi connectivity index (χ3v) is 5.60. The first-order valence-corrected chi connectivity index (χ1v) is 9.89. The van der Waals surface area contributed by atoms with Crippen LogP contribution in [-0.4, -0.2) is 17.1 Å². The van der Waals surface area contributed by atoms with Gasteiger partial charge in [0, 0.05) is 4.88 Å². The van der Waals surface area contributed by atoms with Gasteiger partial charge in [-0.2, -0.15) is 10.1 Å². The van der Waals surface area contributed by atoms with Crippen LogP contribution < -0.4 is 5.01 Å². The van der Waals surface area contributed by atoms with Gasteiger partial charge in [0.15, 0.2) is 0 Å². The third kappa shape index (κ3) is 4.10. The summed E-state index contributed by atoms with van der Waals surface area (Å²) in [7, 11) is 0. The van der Waals surface area contributed by atoms with Crippen LogP contribution in [0.2, 0.25) is 0 Å². The molecule has 7 heteroatoms. The maximum absolute atomic E-state index is 13.5. The quantitative estimate of drug-likeness (QED) is 0.348. The van der Waals surface area contributed by atoms with Crippen LogP contribution >= 0.6 is 22.7 Å². The predicted molar refractivity (Wildman–Crippen MR) is 109 cm³/mol. The molecule has 2 aromatic carbocycles. The summed E-state index contributed by atoms with van der Waals surface area (Å²) in [6.07, 6.45) is 1.84. The van der Waals surface area contributed by atoms with Gasteiger partial charge >= 0.3 is 0 Å². The number of thiophene rings is 1. The number of amides is 1. The van der Waals surface area contributed by atoms with E-state index in [2.05, 4.69) is 10.1 Å². The van der Waals surface area contributed by atoms with E-state index in [1.54, 1.807) is 12.3 Å². The maximum Gasteiger partial charge on any atom is 0.253 e. The lowest BCUT2D eigenvalue weighted by Gasteiger charge is -2.13. The molecule has 0 aliphatic rings. The number of benzene rings is 2. The Morgan fingerprint density at radius 3 is 2.78 bits per heavy atom. The molecule has 0 aliphatic carbocycles. The molecule has 1 amide bonds. The minimum absolute atomic E-state index is 0.200. The molecular formula is C20H14FN3OS2. The van der Waals surface area contributed by atoms with Crippen LogP contribution in [0.15, 0.2) is 71.1 Å². The molecule has 2 aromatic heterocycles. The molecule has 0 aliphatic heterocycles. The first kappa shape index (κ1) is 17.5. The van der Waals surface area contributed by atoms with E-state index in [1.165, 1.54) is 39.8 Å². The Balaban J connectivity index is 1.68. The molecule has 0 bridgehead atoms. The highest BCUT2D eigenvalue weighted by molar-refractivity contribution is 7.22. The Hall–Kier alpha value is -2.90. The van der Waals surface area contributed by atoms with Crippen molar-refractivity contribution in [3.63, 3.8) is 0 Å². The van der Waals surface area contributed by atoms with E-state index in [0.29, 0.717) is 15.3 Å². The van der Waals surface area contributed by atoms with E-state index in [4.69, 9.17) is 0 Å². The zero-order chi connectivity index (χ0) is 18.6. The van der Waals surface area contributed by atoms with Gasteiger partial charge in [0.2, 0.25) is 5.13 Å². The lowest BCUT2D eigenvalue weighted by molar-refractivity contribution is -0.118. The molecule has 4 nitrogen and oxygen atoms in total. The minimum Gasteiger partial charge on any atom is -0.272 e.